The van der Waals surface area contributed by atoms with Gasteiger partial charge in [-0.25, -0.2) is 0 Å². The highest BCUT2D eigenvalue weighted by Gasteiger charge is 2.16. The van der Waals surface area contributed by atoms with Crippen LogP contribution in [-0.2, 0) is 30.3 Å². The standard InChI is InChI=1S/C20H24N4OS/c25-26-13-11-23(12-14-26)15-19-16-24(22-21-19)10-4-8-18-7-3-6-17-5-1-2-9-20(17)18/h1-3,5-7,9,16H,4,8,10-15H2. The van der Waals surface area contributed by atoms with Crippen molar-refractivity contribution in [3.63, 3.8) is 0 Å². The molecule has 1 aliphatic rings. The normalized spacial score (nSPS) is 16.3. The lowest BCUT2D eigenvalue weighted by Crippen LogP contribution is -2.37. The Kier molecular flexibility index (Phi) is 5.41. The summed E-state index contributed by atoms with van der Waals surface area (Å²) >= 11 is 0. The molecule has 0 unspecified atom stereocenters. The van der Waals surface area contributed by atoms with Gasteiger partial charge in [-0.3, -0.25) is 13.8 Å². The molecule has 2 aromatic carbocycles. The van der Waals surface area contributed by atoms with E-state index in [-0.39, 0.29) is 0 Å². The molecule has 5 nitrogen and oxygen atoms in total. The molecule has 1 aromatic heterocycles. The highest BCUT2D eigenvalue weighted by Crippen LogP contribution is 2.19. The first-order valence-electron chi connectivity index (χ1n) is 9.21. The van der Waals surface area contributed by atoms with E-state index in [1.54, 1.807) is 0 Å². The number of nitrogens with zero attached hydrogens (tertiary/aromatic N) is 4. The molecule has 4 rings (SSSR count). The van der Waals surface area contributed by atoms with Crippen molar-refractivity contribution in [2.75, 3.05) is 24.6 Å². The third-order valence-corrected chi connectivity index (χ3v) is 6.23. The summed E-state index contributed by atoms with van der Waals surface area (Å²) in [6.45, 7) is 3.46. The monoisotopic (exact) mass is 368 g/mol. The summed E-state index contributed by atoms with van der Waals surface area (Å²) in [4.78, 5) is 2.31. The molecule has 136 valence electrons. The van der Waals surface area contributed by atoms with Crippen LogP contribution in [0.2, 0.25) is 0 Å². The number of hydrogen-bond acceptors (Lipinski definition) is 4. The molecule has 0 N–H and O–H groups in total. The fourth-order valence-corrected chi connectivity index (χ4v) is 4.65. The fourth-order valence-electron chi connectivity index (χ4n) is 3.53. The van der Waals surface area contributed by atoms with Gasteiger partial charge < -0.3 is 0 Å². The van der Waals surface area contributed by atoms with E-state index in [4.69, 9.17) is 0 Å². The second kappa shape index (κ2) is 8.10. The van der Waals surface area contributed by atoms with E-state index in [1.807, 2.05) is 4.68 Å². The van der Waals surface area contributed by atoms with E-state index in [9.17, 15) is 4.21 Å². The molecular weight excluding hydrogens is 344 g/mol. The maximum absolute atomic E-state index is 11.4. The van der Waals surface area contributed by atoms with Crippen molar-refractivity contribution in [1.29, 1.82) is 0 Å². The molecule has 0 radical (unpaired) electrons. The van der Waals surface area contributed by atoms with Gasteiger partial charge in [0.05, 0.1) is 5.69 Å². The number of benzene rings is 2. The van der Waals surface area contributed by atoms with Crippen LogP contribution in [0.1, 0.15) is 17.7 Å². The fraction of sp³-hybridized carbons (Fsp3) is 0.400. The van der Waals surface area contributed by atoms with Crippen molar-refractivity contribution in [3.8, 4) is 0 Å². The van der Waals surface area contributed by atoms with E-state index >= 15 is 0 Å². The summed E-state index contributed by atoms with van der Waals surface area (Å²) in [5.74, 6) is 1.55. The predicted octanol–water partition coefficient (Wildman–Crippen LogP) is 2.63. The van der Waals surface area contributed by atoms with Gasteiger partial charge in [0.1, 0.15) is 0 Å². The van der Waals surface area contributed by atoms with Crippen LogP contribution in [-0.4, -0.2) is 48.7 Å². The Hall–Kier alpha value is -2.05. The Morgan fingerprint density at radius 2 is 1.85 bits per heavy atom. The van der Waals surface area contributed by atoms with Gasteiger partial charge in [0.15, 0.2) is 0 Å². The number of aromatic nitrogens is 3. The molecule has 0 aliphatic carbocycles. The Bertz CT molecular complexity index is 892. The first-order chi connectivity index (χ1) is 12.8. The number of hydrogen-bond donors (Lipinski definition) is 0. The highest BCUT2D eigenvalue weighted by molar-refractivity contribution is 7.85. The van der Waals surface area contributed by atoms with Crippen molar-refractivity contribution in [2.45, 2.75) is 25.9 Å². The molecule has 1 aliphatic heterocycles. The lowest BCUT2D eigenvalue weighted by Gasteiger charge is -2.24. The molecule has 1 fully saturated rings. The SMILES string of the molecule is O=S1CCN(Cc2cn(CCCc3cccc4ccccc34)nn2)CC1. The van der Waals surface area contributed by atoms with E-state index in [0.717, 1.165) is 56.2 Å². The van der Waals surface area contributed by atoms with Crippen LogP contribution in [0.25, 0.3) is 10.8 Å². The van der Waals surface area contributed by atoms with Crippen LogP contribution in [0.4, 0.5) is 0 Å². The third kappa shape index (κ3) is 4.19. The van der Waals surface area contributed by atoms with E-state index in [1.165, 1.54) is 16.3 Å². The highest BCUT2D eigenvalue weighted by atomic mass is 32.2. The average Bonchev–Trinajstić information content (AvgIpc) is 3.11. The minimum atomic E-state index is -0.629. The van der Waals surface area contributed by atoms with Crippen molar-refractivity contribution in [2.24, 2.45) is 0 Å². The zero-order chi connectivity index (χ0) is 17.8. The molecule has 0 atom stereocenters. The molecule has 6 heteroatoms. The van der Waals surface area contributed by atoms with Crippen molar-refractivity contribution in [1.82, 2.24) is 19.9 Å². The molecule has 0 saturated carbocycles. The predicted molar refractivity (Wildman–Crippen MR) is 105 cm³/mol. The van der Waals surface area contributed by atoms with E-state index < -0.39 is 10.8 Å². The summed E-state index contributed by atoms with van der Waals surface area (Å²) in [5, 5.41) is 11.2. The Balaban J connectivity index is 1.31. The van der Waals surface area contributed by atoms with Crippen LogP contribution in [0, 0.1) is 0 Å². The van der Waals surface area contributed by atoms with Crippen LogP contribution in [0.15, 0.2) is 48.7 Å². The second-order valence-electron chi connectivity index (χ2n) is 6.84. The van der Waals surface area contributed by atoms with E-state index in [2.05, 4.69) is 63.9 Å². The third-order valence-electron chi connectivity index (χ3n) is 4.96. The summed E-state index contributed by atoms with van der Waals surface area (Å²) in [7, 11) is -0.629. The molecule has 3 aromatic rings. The smallest absolute Gasteiger partial charge is 0.0967 e. The van der Waals surface area contributed by atoms with Gasteiger partial charge >= 0.3 is 0 Å². The van der Waals surface area contributed by atoms with Crippen LogP contribution >= 0.6 is 0 Å². The molecule has 26 heavy (non-hydrogen) atoms. The summed E-state index contributed by atoms with van der Waals surface area (Å²) < 4.78 is 13.4. The first kappa shape index (κ1) is 17.4. The Morgan fingerprint density at radius 1 is 1.04 bits per heavy atom. The van der Waals surface area contributed by atoms with E-state index in [0.29, 0.717) is 0 Å². The van der Waals surface area contributed by atoms with Gasteiger partial charge in [0, 0.05) is 54.7 Å². The number of fused-ring (bicyclic) bond motifs is 1. The maximum Gasteiger partial charge on any atom is 0.0967 e. The van der Waals surface area contributed by atoms with Gasteiger partial charge in [-0.05, 0) is 29.2 Å². The number of rotatable bonds is 6. The largest absolute Gasteiger partial charge is 0.296 e. The van der Waals surface area contributed by atoms with Gasteiger partial charge in [0.25, 0.3) is 0 Å². The van der Waals surface area contributed by atoms with Crippen molar-refractivity contribution in [3.05, 3.63) is 59.9 Å². The Morgan fingerprint density at radius 3 is 2.73 bits per heavy atom. The van der Waals surface area contributed by atoms with Gasteiger partial charge in [-0.15, -0.1) is 5.10 Å². The molecule has 0 amide bonds. The number of aryl methyl sites for hydroxylation is 2. The summed E-state index contributed by atoms with van der Waals surface area (Å²) in [5.41, 5.74) is 2.40. The maximum atomic E-state index is 11.4. The molecule has 0 bridgehead atoms. The van der Waals surface area contributed by atoms with Gasteiger partial charge in [-0.2, -0.15) is 0 Å². The zero-order valence-electron chi connectivity index (χ0n) is 14.9. The van der Waals surface area contributed by atoms with Crippen molar-refractivity contribution < 1.29 is 4.21 Å². The molecule has 1 saturated heterocycles. The van der Waals surface area contributed by atoms with Gasteiger partial charge in [-0.1, -0.05) is 47.7 Å². The minimum Gasteiger partial charge on any atom is -0.296 e. The van der Waals surface area contributed by atoms with Crippen LogP contribution < -0.4 is 0 Å². The van der Waals surface area contributed by atoms with Crippen molar-refractivity contribution >= 4 is 21.6 Å². The minimum absolute atomic E-state index is 0.629. The quantitative estimate of drug-likeness (QED) is 0.671. The summed E-state index contributed by atoms with van der Waals surface area (Å²) in [6, 6.07) is 15.1. The molecule has 0 spiro atoms. The average molecular weight is 369 g/mol. The molecule has 2 heterocycles. The van der Waals surface area contributed by atoms with Gasteiger partial charge in [0.2, 0.25) is 0 Å². The topological polar surface area (TPSA) is 51.0 Å². The summed E-state index contributed by atoms with van der Waals surface area (Å²) in [6.07, 6.45) is 4.13. The van der Waals surface area contributed by atoms with Crippen LogP contribution in [0.5, 0.6) is 0 Å². The second-order valence-corrected chi connectivity index (χ2v) is 8.54. The Labute approximate surface area is 156 Å². The lowest BCUT2D eigenvalue weighted by molar-refractivity contribution is 0.288. The zero-order valence-corrected chi connectivity index (χ0v) is 15.7. The van der Waals surface area contributed by atoms with Crippen LogP contribution in [0.3, 0.4) is 0 Å². The molecular formula is C20H24N4OS. The lowest BCUT2D eigenvalue weighted by atomic mass is 10.0. The first-order valence-corrected chi connectivity index (χ1v) is 10.7.